The number of methoxy groups -OCH3 is 1. The lowest BCUT2D eigenvalue weighted by Gasteiger charge is -2.11. The minimum Gasteiger partial charge on any atom is -0.464 e. The molecule has 0 aliphatic heterocycles. The van der Waals surface area contributed by atoms with Crippen LogP contribution in [0, 0.1) is 5.82 Å². The first-order valence-electron chi connectivity index (χ1n) is 5.93. The normalized spacial score (nSPS) is 11.4. The van der Waals surface area contributed by atoms with Crippen LogP contribution in [0.2, 0.25) is 5.02 Å². The molecular weight excluding hydrogens is 342 g/mol. The molecule has 0 atom stereocenters. The van der Waals surface area contributed by atoms with Gasteiger partial charge in [-0.25, -0.2) is 14.2 Å². The van der Waals surface area contributed by atoms with Crippen LogP contribution in [-0.4, -0.2) is 23.0 Å². The first kappa shape index (κ1) is 16.9. The number of rotatable bonds is 2. The molecule has 0 radical (unpaired) electrons. The molecule has 0 bridgehead atoms. The van der Waals surface area contributed by atoms with Crippen molar-refractivity contribution in [1.29, 1.82) is 0 Å². The Balaban J connectivity index is 2.59. The van der Waals surface area contributed by atoms with Crippen LogP contribution >= 0.6 is 11.6 Å². The lowest BCUT2D eigenvalue weighted by Crippen LogP contribution is -2.11. The van der Waals surface area contributed by atoms with Crippen LogP contribution in [0.3, 0.4) is 0 Å². The number of hydrogen-bond donors (Lipinski definition) is 1. The molecule has 2 rings (SSSR count). The van der Waals surface area contributed by atoms with E-state index in [1.54, 1.807) is 0 Å². The second-order valence-electron chi connectivity index (χ2n) is 4.27. The highest BCUT2D eigenvalue weighted by atomic mass is 35.5. The number of anilines is 1. The summed E-state index contributed by atoms with van der Waals surface area (Å²) >= 11 is 5.72. The van der Waals surface area contributed by atoms with E-state index in [9.17, 15) is 22.4 Å². The largest absolute Gasteiger partial charge is 0.464 e. The predicted molar refractivity (Wildman–Crippen MR) is 73.2 cm³/mol. The van der Waals surface area contributed by atoms with Gasteiger partial charge in [-0.3, -0.25) is 4.98 Å². The smallest absolute Gasteiger partial charge is 0.433 e. The van der Waals surface area contributed by atoms with Gasteiger partial charge in [0, 0.05) is 11.8 Å². The Morgan fingerprint density at radius 2 is 2.00 bits per heavy atom. The van der Waals surface area contributed by atoms with E-state index in [-0.39, 0.29) is 5.56 Å². The summed E-state index contributed by atoms with van der Waals surface area (Å²) in [5.74, 6) is -2.05. The summed E-state index contributed by atoms with van der Waals surface area (Å²) in [4.78, 5) is 18.4. The summed E-state index contributed by atoms with van der Waals surface area (Å²) in [6.45, 7) is 0. The summed E-state index contributed by atoms with van der Waals surface area (Å²) in [6, 6.07) is 1.61. The zero-order chi connectivity index (χ0) is 17.4. The maximum absolute atomic E-state index is 14.2. The van der Waals surface area contributed by atoms with Gasteiger partial charge in [-0.15, -0.1) is 0 Å². The lowest BCUT2D eigenvalue weighted by molar-refractivity contribution is -0.141. The SMILES string of the molecule is COC(=O)c1nc(-c2ccc(C(F)(F)F)nc2)c(F)c(N)c1Cl. The molecule has 0 saturated heterocycles. The molecule has 0 aliphatic rings. The minimum absolute atomic E-state index is 0.107. The van der Waals surface area contributed by atoms with Gasteiger partial charge in [-0.2, -0.15) is 13.2 Å². The maximum Gasteiger partial charge on any atom is 0.433 e. The minimum atomic E-state index is -4.64. The van der Waals surface area contributed by atoms with Crippen molar-refractivity contribution in [3.63, 3.8) is 0 Å². The van der Waals surface area contributed by atoms with E-state index >= 15 is 0 Å². The molecule has 23 heavy (non-hydrogen) atoms. The number of carbonyl (C=O) groups is 1. The number of halogens is 5. The van der Waals surface area contributed by atoms with Crippen LogP contribution in [0.4, 0.5) is 23.2 Å². The fourth-order valence-corrected chi connectivity index (χ4v) is 1.89. The molecule has 0 amide bonds. The van der Waals surface area contributed by atoms with E-state index < -0.39 is 45.8 Å². The Morgan fingerprint density at radius 1 is 1.35 bits per heavy atom. The zero-order valence-corrected chi connectivity index (χ0v) is 12.2. The van der Waals surface area contributed by atoms with Crippen LogP contribution in [0.1, 0.15) is 16.2 Å². The maximum atomic E-state index is 14.2. The number of aromatic nitrogens is 2. The monoisotopic (exact) mass is 349 g/mol. The fourth-order valence-electron chi connectivity index (χ4n) is 1.69. The second kappa shape index (κ2) is 5.99. The Bertz CT molecular complexity index is 763. The van der Waals surface area contributed by atoms with Crippen molar-refractivity contribution in [2.75, 3.05) is 12.8 Å². The summed E-state index contributed by atoms with van der Waals surface area (Å²) in [5, 5.41) is -0.446. The standard InChI is InChI=1S/C13H8ClF4N3O2/c1-23-12(22)11-7(14)9(19)8(15)10(21-11)5-2-3-6(20-4-5)13(16,17)18/h2-4H,1H3,(H2,19,21). The van der Waals surface area contributed by atoms with Crippen molar-refractivity contribution in [3.05, 3.63) is 40.6 Å². The Kier molecular flexibility index (Phi) is 4.42. The average molecular weight is 350 g/mol. The Labute approximate surface area is 132 Å². The Hall–Kier alpha value is -2.42. The van der Waals surface area contributed by atoms with E-state index in [1.165, 1.54) is 0 Å². The highest BCUT2D eigenvalue weighted by Crippen LogP contribution is 2.33. The van der Waals surface area contributed by atoms with Crippen molar-refractivity contribution in [1.82, 2.24) is 9.97 Å². The van der Waals surface area contributed by atoms with Crippen LogP contribution in [0.15, 0.2) is 18.3 Å². The van der Waals surface area contributed by atoms with Crippen molar-refractivity contribution in [3.8, 4) is 11.3 Å². The van der Waals surface area contributed by atoms with Crippen LogP contribution in [0.5, 0.6) is 0 Å². The van der Waals surface area contributed by atoms with E-state index in [1.807, 2.05) is 0 Å². The van der Waals surface area contributed by atoms with Gasteiger partial charge in [-0.05, 0) is 12.1 Å². The van der Waals surface area contributed by atoms with E-state index in [0.717, 1.165) is 19.4 Å². The number of carbonyl (C=O) groups excluding carboxylic acids is 1. The molecule has 2 N–H and O–H groups in total. The molecule has 2 heterocycles. The van der Waals surface area contributed by atoms with Gasteiger partial charge in [0.15, 0.2) is 11.5 Å². The average Bonchev–Trinajstić information content (AvgIpc) is 2.51. The summed E-state index contributed by atoms with van der Waals surface area (Å²) < 4.78 is 56.0. The van der Waals surface area contributed by atoms with Crippen LogP contribution in [-0.2, 0) is 10.9 Å². The molecule has 122 valence electrons. The van der Waals surface area contributed by atoms with Crippen molar-refractivity contribution in [2.24, 2.45) is 0 Å². The van der Waals surface area contributed by atoms with E-state index in [2.05, 4.69) is 14.7 Å². The molecule has 0 aromatic carbocycles. The number of nitrogens with zero attached hydrogens (tertiary/aromatic N) is 2. The molecule has 0 saturated carbocycles. The Morgan fingerprint density at radius 3 is 2.48 bits per heavy atom. The number of alkyl halides is 3. The molecule has 5 nitrogen and oxygen atoms in total. The summed E-state index contributed by atoms with van der Waals surface area (Å²) in [5.41, 5.74) is 2.70. The summed E-state index contributed by atoms with van der Waals surface area (Å²) in [6.07, 6.45) is -3.87. The molecular formula is C13H8ClF4N3O2. The number of hydrogen-bond acceptors (Lipinski definition) is 5. The molecule has 10 heteroatoms. The number of nitrogen functional groups attached to an aromatic ring is 1. The predicted octanol–water partition coefficient (Wildman–Crippen LogP) is 3.32. The molecule has 0 unspecified atom stereocenters. The number of pyridine rings is 2. The van der Waals surface area contributed by atoms with Gasteiger partial charge in [0.05, 0.1) is 17.8 Å². The van der Waals surface area contributed by atoms with Gasteiger partial charge in [-0.1, -0.05) is 11.6 Å². The number of ether oxygens (including phenoxy) is 1. The van der Waals surface area contributed by atoms with Gasteiger partial charge >= 0.3 is 12.1 Å². The van der Waals surface area contributed by atoms with Gasteiger partial charge < -0.3 is 10.5 Å². The third-order valence-electron chi connectivity index (χ3n) is 2.82. The van der Waals surface area contributed by atoms with Gasteiger partial charge in [0.25, 0.3) is 0 Å². The number of nitrogens with two attached hydrogens (primary N) is 1. The van der Waals surface area contributed by atoms with Gasteiger partial charge in [0.1, 0.15) is 11.4 Å². The van der Waals surface area contributed by atoms with E-state index in [0.29, 0.717) is 6.07 Å². The van der Waals surface area contributed by atoms with Crippen molar-refractivity contribution >= 4 is 23.3 Å². The van der Waals surface area contributed by atoms with Crippen molar-refractivity contribution in [2.45, 2.75) is 6.18 Å². The first-order chi connectivity index (χ1) is 10.7. The molecule has 0 fully saturated rings. The van der Waals surface area contributed by atoms with Gasteiger partial charge in [0.2, 0.25) is 0 Å². The van der Waals surface area contributed by atoms with Crippen LogP contribution in [0.25, 0.3) is 11.3 Å². The molecule has 0 spiro atoms. The quantitative estimate of drug-likeness (QED) is 0.664. The molecule has 0 aliphatic carbocycles. The lowest BCUT2D eigenvalue weighted by atomic mass is 10.1. The second-order valence-corrected chi connectivity index (χ2v) is 4.65. The highest BCUT2D eigenvalue weighted by molar-refractivity contribution is 6.35. The number of esters is 1. The fraction of sp³-hybridized carbons (Fsp3) is 0.154. The molecule has 2 aromatic rings. The van der Waals surface area contributed by atoms with Crippen molar-refractivity contribution < 1.29 is 27.1 Å². The third-order valence-corrected chi connectivity index (χ3v) is 3.20. The van der Waals surface area contributed by atoms with E-state index in [4.69, 9.17) is 17.3 Å². The highest BCUT2D eigenvalue weighted by Gasteiger charge is 2.32. The summed E-state index contributed by atoms with van der Waals surface area (Å²) in [7, 11) is 1.05. The molecule has 2 aromatic heterocycles. The third kappa shape index (κ3) is 3.19. The zero-order valence-electron chi connectivity index (χ0n) is 11.4. The topological polar surface area (TPSA) is 78.1 Å². The first-order valence-corrected chi connectivity index (χ1v) is 6.31. The van der Waals surface area contributed by atoms with Crippen LogP contribution < -0.4 is 5.73 Å².